The number of aliphatic hydroxyl groups is 1. The summed E-state index contributed by atoms with van der Waals surface area (Å²) in [7, 11) is 0. The summed E-state index contributed by atoms with van der Waals surface area (Å²) >= 11 is 12.2. The van der Waals surface area contributed by atoms with E-state index in [2.05, 4.69) is 44.3 Å². The number of ketones is 1. The predicted octanol–water partition coefficient (Wildman–Crippen LogP) is 9.78. The normalized spacial score (nSPS) is 19.1. The topological polar surface area (TPSA) is 144 Å². The molecule has 3 atom stereocenters. The molecule has 3 saturated heterocycles. The zero-order chi connectivity index (χ0) is 49.9. The Labute approximate surface area is 420 Å². The van der Waals surface area contributed by atoms with Gasteiger partial charge < -0.3 is 29.5 Å². The number of anilines is 2. The molecule has 3 aliphatic heterocycles. The maximum absolute atomic E-state index is 14.1. The van der Waals surface area contributed by atoms with Crippen LogP contribution in [0.3, 0.4) is 0 Å². The van der Waals surface area contributed by atoms with Gasteiger partial charge in [0.2, 0.25) is 17.5 Å². The average molecular weight is 983 g/mol. The van der Waals surface area contributed by atoms with Crippen molar-refractivity contribution in [3.8, 4) is 22.5 Å². The third kappa shape index (κ3) is 10.9. The molecule has 3 amide bonds. The van der Waals surface area contributed by atoms with E-state index in [1.807, 2.05) is 88.0 Å². The molecular formula is C55H60ClN7O6S. The fraction of sp³-hybridized carbons (Fsp3) is 0.400. The molecule has 364 valence electrons. The number of nitrogens with one attached hydrogen (secondary N) is 1. The number of β-amino-alcohol motifs (C(OH)–C–C–N with tert-alkyl or cyclic N) is 1. The van der Waals surface area contributed by atoms with E-state index in [0.717, 1.165) is 60.4 Å². The lowest BCUT2D eigenvalue weighted by Gasteiger charge is -2.35. The van der Waals surface area contributed by atoms with Gasteiger partial charge in [0.1, 0.15) is 11.6 Å². The van der Waals surface area contributed by atoms with Crippen LogP contribution in [-0.2, 0) is 25.6 Å². The SMILES string of the molecule is [C-]#[N+]c1ccc(N2C(=O)C(C)(C)N(c3ccc(-c4ccc(C5CCN(CCCC(=O)N[C@H](C(=O)N6C[C@H](O)C[C@H]6C(=O)CCc6ccc(-c7cnco7)cc6)C(C)(C)C)CC5)cc4)cc3)C2=S)cc1Cl. The lowest BCUT2D eigenvalue weighted by Crippen LogP contribution is -2.56. The molecule has 0 radical (unpaired) electrons. The van der Waals surface area contributed by atoms with Crippen molar-refractivity contribution in [2.45, 2.75) is 109 Å². The van der Waals surface area contributed by atoms with Crippen molar-refractivity contribution in [3.63, 3.8) is 0 Å². The molecular weight excluding hydrogens is 922 g/mol. The Kier molecular flexibility index (Phi) is 15.0. The third-order valence-corrected chi connectivity index (χ3v) is 14.6. The summed E-state index contributed by atoms with van der Waals surface area (Å²) in [5.41, 5.74) is 5.35. The van der Waals surface area contributed by atoms with Gasteiger partial charge in [-0.1, -0.05) is 99.1 Å². The molecule has 0 bridgehead atoms. The largest absolute Gasteiger partial charge is 0.444 e. The van der Waals surface area contributed by atoms with Crippen LogP contribution < -0.4 is 15.1 Å². The zero-order valence-corrected chi connectivity index (χ0v) is 41.9. The predicted molar refractivity (Wildman–Crippen MR) is 277 cm³/mol. The number of piperidine rings is 1. The highest BCUT2D eigenvalue weighted by atomic mass is 35.5. The number of carbonyl (C=O) groups excluding carboxylic acids is 4. The number of halogens is 1. The highest BCUT2D eigenvalue weighted by Gasteiger charge is 2.50. The van der Waals surface area contributed by atoms with Crippen molar-refractivity contribution in [2.24, 2.45) is 5.41 Å². The van der Waals surface area contributed by atoms with Crippen molar-refractivity contribution in [1.82, 2.24) is 20.1 Å². The van der Waals surface area contributed by atoms with Crippen LogP contribution in [0.15, 0.2) is 108 Å². The molecule has 0 unspecified atom stereocenters. The second-order valence-corrected chi connectivity index (χ2v) is 21.0. The van der Waals surface area contributed by atoms with Gasteiger partial charge in [-0.15, -0.1) is 0 Å². The minimum Gasteiger partial charge on any atom is -0.444 e. The quantitative estimate of drug-likeness (QED) is 0.0769. The van der Waals surface area contributed by atoms with Crippen molar-refractivity contribution in [1.29, 1.82) is 0 Å². The number of benzene rings is 4. The van der Waals surface area contributed by atoms with Crippen LogP contribution in [-0.4, -0.2) is 98.4 Å². The molecule has 0 spiro atoms. The van der Waals surface area contributed by atoms with E-state index in [-0.39, 0.29) is 54.3 Å². The van der Waals surface area contributed by atoms with Crippen LogP contribution in [0, 0.1) is 12.0 Å². The molecule has 4 aromatic carbocycles. The summed E-state index contributed by atoms with van der Waals surface area (Å²) in [5, 5.41) is 14.3. The summed E-state index contributed by atoms with van der Waals surface area (Å²) in [6.07, 6.45) is 6.05. The lowest BCUT2D eigenvalue weighted by atomic mass is 9.85. The van der Waals surface area contributed by atoms with Gasteiger partial charge in [-0.3, -0.25) is 24.1 Å². The summed E-state index contributed by atoms with van der Waals surface area (Å²) in [6.45, 7) is 19.4. The molecule has 4 heterocycles. The summed E-state index contributed by atoms with van der Waals surface area (Å²) in [4.78, 5) is 69.4. The molecule has 5 aromatic rings. The van der Waals surface area contributed by atoms with E-state index in [1.54, 1.807) is 24.4 Å². The number of hydrogen-bond acceptors (Lipinski definition) is 9. The number of carbonyl (C=O) groups is 4. The monoisotopic (exact) mass is 981 g/mol. The van der Waals surface area contributed by atoms with Crippen molar-refractivity contribution in [3.05, 3.63) is 131 Å². The van der Waals surface area contributed by atoms with Crippen LogP contribution in [0.5, 0.6) is 0 Å². The van der Waals surface area contributed by atoms with Crippen molar-refractivity contribution >= 4 is 69.5 Å². The van der Waals surface area contributed by atoms with E-state index in [1.165, 1.54) is 21.8 Å². The molecule has 15 heteroatoms. The van der Waals surface area contributed by atoms with E-state index in [9.17, 15) is 24.3 Å². The molecule has 0 aliphatic carbocycles. The van der Waals surface area contributed by atoms with Crippen LogP contribution in [0.1, 0.15) is 90.2 Å². The van der Waals surface area contributed by atoms with Gasteiger partial charge in [-0.25, -0.2) is 9.83 Å². The van der Waals surface area contributed by atoms with Gasteiger partial charge >= 0.3 is 0 Å². The summed E-state index contributed by atoms with van der Waals surface area (Å²) in [6, 6.07) is 27.8. The Morgan fingerprint density at radius 2 is 1.59 bits per heavy atom. The molecule has 0 saturated carbocycles. The van der Waals surface area contributed by atoms with Gasteiger partial charge in [-0.2, -0.15) is 0 Å². The number of rotatable bonds is 15. The maximum atomic E-state index is 14.1. The Balaban J connectivity index is 0.791. The minimum absolute atomic E-state index is 0.0526. The first kappa shape index (κ1) is 50.2. The Bertz CT molecular complexity index is 2760. The first-order valence-corrected chi connectivity index (χ1v) is 24.8. The standard InChI is InChI=1S/C55H60ClN7O6S/c1-54(2,3)50(51(67)61-33-43(64)31-46(61)47(65)24-11-35-9-12-40(13-10-35)48-32-58-34-69-48)59-49(66)8-7-27-60-28-25-39(26-29-60)37-16-14-36(15-17-37)38-18-20-41(21-19-38)63-53(70)62(52(68)55(63,4)5)42-22-23-45(57-6)44(56)30-42/h9-10,12-23,30,32,34,39,43,46,50,64H,7-8,11,24-29,31,33H2,1-5H3,(H,59,66)/t43-,46+,50-/m1/s1. The Morgan fingerprint density at radius 3 is 2.20 bits per heavy atom. The fourth-order valence-electron chi connectivity index (χ4n) is 9.92. The number of aromatic nitrogens is 1. The number of nitrogens with zero attached hydrogens (tertiary/aromatic N) is 6. The first-order chi connectivity index (χ1) is 33.4. The molecule has 13 nitrogen and oxygen atoms in total. The van der Waals surface area contributed by atoms with Gasteiger partial charge in [0.15, 0.2) is 23.0 Å². The first-order valence-electron chi connectivity index (χ1n) is 24.0. The second-order valence-electron chi connectivity index (χ2n) is 20.2. The van der Waals surface area contributed by atoms with Crippen LogP contribution >= 0.6 is 23.8 Å². The molecule has 3 aliphatic rings. The fourth-order valence-corrected chi connectivity index (χ4v) is 10.7. The van der Waals surface area contributed by atoms with E-state index < -0.39 is 29.1 Å². The van der Waals surface area contributed by atoms with Crippen LogP contribution in [0.25, 0.3) is 27.3 Å². The third-order valence-electron chi connectivity index (χ3n) is 14.0. The van der Waals surface area contributed by atoms with Gasteiger partial charge in [0.05, 0.1) is 30.6 Å². The molecule has 70 heavy (non-hydrogen) atoms. The zero-order valence-electron chi connectivity index (χ0n) is 40.4. The van der Waals surface area contributed by atoms with Crippen molar-refractivity contribution < 1.29 is 28.7 Å². The molecule has 3 fully saturated rings. The second kappa shape index (κ2) is 21.0. The van der Waals surface area contributed by atoms with E-state index in [0.29, 0.717) is 41.0 Å². The smallest absolute Gasteiger partial charge is 0.259 e. The van der Waals surface area contributed by atoms with Crippen LogP contribution in [0.2, 0.25) is 5.02 Å². The number of hydrogen-bond donors (Lipinski definition) is 2. The minimum atomic E-state index is -0.945. The van der Waals surface area contributed by atoms with Crippen molar-refractivity contribution in [2.75, 3.05) is 36.0 Å². The maximum Gasteiger partial charge on any atom is 0.259 e. The number of likely N-dealkylation sites (tertiary alicyclic amines) is 2. The molecule has 1 aromatic heterocycles. The van der Waals surface area contributed by atoms with E-state index in [4.69, 9.17) is 34.8 Å². The molecule has 2 N–H and O–H groups in total. The van der Waals surface area contributed by atoms with Gasteiger partial charge in [0, 0.05) is 42.1 Å². The number of aryl methyl sites for hydroxylation is 1. The number of Topliss-reactive ketones (excluding diaryl/α,β-unsaturated/α-hetero) is 1. The lowest BCUT2D eigenvalue weighted by molar-refractivity contribution is -0.143. The average Bonchev–Trinajstić information content (AvgIpc) is 4.07. The highest BCUT2D eigenvalue weighted by Crippen LogP contribution is 2.40. The van der Waals surface area contributed by atoms with Gasteiger partial charge in [-0.05, 0) is 129 Å². The Hall–Kier alpha value is -6.24. The number of amides is 3. The number of aliphatic hydroxyl groups excluding tert-OH is 1. The van der Waals surface area contributed by atoms with Gasteiger partial charge in [0.25, 0.3) is 5.91 Å². The highest BCUT2D eigenvalue weighted by molar-refractivity contribution is 7.81. The number of oxazole rings is 1. The Morgan fingerprint density at radius 1 is 0.943 bits per heavy atom. The van der Waals surface area contributed by atoms with E-state index >= 15 is 0 Å². The molecule has 8 rings (SSSR count). The summed E-state index contributed by atoms with van der Waals surface area (Å²) in [5.74, 6) is 0.258. The number of thiocarbonyl (C=S) groups is 1. The summed E-state index contributed by atoms with van der Waals surface area (Å²) < 4.78 is 5.37. The van der Waals surface area contributed by atoms with Crippen LogP contribution in [0.4, 0.5) is 17.1 Å².